The Morgan fingerprint density at radius 2 is 2.00 bits per heavy atom. The van der Waals surface area contributed by atoms with Gasteiger partial charge in [0.1, 0.15) is 16.5 Å². The molecule has 0 aliphatic rings. The molecule has 0 unspecified atom stereocenters. The monoisotopic (exact) mass is 343 g/mol. The SMILES string of the molecule is CC(C)(C)c1nc2sc(CCCOc3ccccc3)nn2c1C=O. The Bertz CT molecular complexity index is 831. The fourth-order valence-corrected chi connectivity index (χ4v) is 3.43. The van der Waals surface area contributed by atoms with Crippen molar-refractivity contribution in [2.75, 3.05) is 6.61 Å². The molecule has 0 saturated heterocycles. The average Bonchev–Trinajstić information content (AvgIpc) is 3.09. The standard InChI is InChI=1S/C18H21N3O2S/c1-18(2,3)16-14(12-22)21-17(19-16)24-15(20-21)10-7-11-23-13-8-5-4-6-9-13/h4-6,8-9,12H,7,10-11H2,1-3H3. The third-order valence-electron chi connectivity index (χ3n) is 3.65. The molecule has 3 rings (SSSR count). The van der Waals surface area contributed by atoms with Crippen molar-refractivity contribution in [2.45, 2.75) is 39.0 Å². The van der Waals surface area contributed by atoms with E-state index in [4.69, 9.17) is 4.74 Å². The lowest BCUT2D eigenvalue weighted by atomic mass is 9.91. The van der Waals surface area contributed by atoms with E-state index in [2.05, 4.69) is 10.1 Å². The van der Waals surface area contributed by atoms with E-state index < -0.39 is 0 Å². The summed E-state index contributed by atoms with van der Waals surface area (Å²) >= 11 is 1.54. The summed E-state index contributed by atoms with van der Waals surface area (Å²) in [5, 5.41) is 5.52. The van der Waals surface area contributed by atoms with E-state index in [9.17, 15) is 4.79 Å². The Balaban J connectivity index is 1.66. The van der Waals surface area contributed by atoms with Crippen LogP contribution in [0.5, 0.6) is 5.75 Å². The van der Waals surface area contributed by atoms with Gasteiger partial charge in [0, 0.05) is 11.8 Å². The average molecular weight is 343 g/mol. The smallest absolute Gasteiger partial charge is 0.213 e. The van der Waals surface area contributed by atoms with E-state index in [-0.39, 0.29) is 5.41 Å². The molecule has 2 heterocycles. The van der Waals surface area contributed by atoms with Crippen LogP contribution in [-0.4, -0.2) is 27.5 Å². The summed E-state index contributed by atoms with van der Waals surface area (Å²) in [4.78, 5) is 16.8. The van der Waals surface area contributed by atoms with E-state index in [0.29, 0.717) is 12.3 Å². The van der Waals surface area contributed by atoms with E-state index in [1.54, 1.807) is 4.52 Å². The van der Waals surface area contributed by atoms with Gasteiger partial charge >= 0.3 is 0 Å². The second-order valence-corrected chi connectivity index (χ2v) is 7.71. The van der Waals surface area contributed by atoms with E-state index in [1.165, 1.54) is 11.3 Å². The van der Waals surface area contributed by atoms with E-state index >= 15 is 0 Å². The number of aldehydes is 1. The zero-order valence-corrected chi connectivity index (χ0v) is 15.0. The molecule has 0 amide bonds. The second-order valence-electron chi connectivity index (χ2n) is 6.67. The number of carbonyl (C=O) groups excluding carboxylic acids is 1. The molecule has 3 aromatic rings. The van der Waals surface area contributed by atoms with Crippen molar-refractivity contribution >= 4 is 22.6 Å². The van der Waals surface area contributed by atoms with Gasteiger partial charge in [0.25, 0.3) is 0 Å². The second kappa shape index (κ2) is 6.73. The minimum atomic E-state index is -0.173. The van der Waals surface area contributed by atoms with Gasteiger partial charge in [-0.3, -0.25) is 4.79 Å². The fraction of sp³-hybridized carbons (Fsp3) is 0.389. The first kappa shape index (κ1) is 16.6. The van der Waals surface area contributed by atoms with Crippen LogP contribution in [0.1, 0.15) is 48.4 Å². The molecule has 0 bridgehead atoms. The molecule has 6 heteroatoms. The minimum Gasteiger partial charge on any atom is -0.494 e. The van der Waals surface area contributed by atoms with Crippen LogP contribution in [0.2, 0.25) is 0 Å². The zero-order chi connectivity index (χ0) is 17.2. The van der Waals surface area contributed by atoms with E-state index in [1.807, 2.05) is 51.1 Å². The number of aromatic nitrogens is 3. The third-order valence-corrected chi connectivity index (χ3v) is 4.62. The number of ether oxygens (including phenoxy) is 1. The normalized spacial score (nSPS) is 11.8. The van der Waals surface area contributed by atoms with Crippen LogP contribution in [0, 0.1) is 0 Å². The lowest BCUT2D eigenvalue weighted by Gasteiger charge is -2.15. The quantitative estimate of drug-likeness (QED) is 0.503. The number of aryl methyl sites for hydroxylation is 1. The highest BCUT2D eigenvalue weighted by molar-refractivity contribution is 7.16. The number of fused-ring (bicyclic) bond motifs is 1. The molecule has 0 radical (unpaired) electrons. The first-order valence-corrected chi connectivity index (χ1v) is 8.82. The molecular formula is C18H21N3O2S. The van der Waals surface area contributed by atoms with Crippen LogP contribution in [0.15, 0.2) is 30.3 Å². The highest BCUT2D eigenvalue weighted by Gasteiger charge is 2.25. The number of hydrogen-bond donors (Lipinski definition) is 0. The van der Waals surface area contributed by atoms with Gasteiger partial charge < -0.3 is 4.74 Å². The largest absolute Gasteiger partial charge is 0.494 e. The van der Waals surface area contributed by atoms with E-state index in [0.717, 1.165) is 40.5 Å². The highest BCUT2D eigenvalue weighted by atomic mass is 32.1. The van der Waals surface area contributed by atoms with Crippen LogP contribution in [-0.2, 0) is 11.8 Å². The number of nitrogens with zero attached hydrogens (tertiary/aromatic N) is 3. The van der Waals surface area contributed by atoms with Crippen molar-refractivity contribution in [1.82, 2.24) is 14.6 Å². The van der Waals surface area contributed by atoms with Gasteiger partial charge in [-0.1, -0.05) is 50.3 Å². The third kappa shape index (κ3) is 3.48. The number of carbonyl (C=O) groups is 1. The van der Waals surface area contributed by atoms with Crippen LogP contribution >= 0.6 is 11.3 Å². The fourth-order valence-electron chi connectivity index (χ4n) is 2.49. The summed E-state index contributed by atoms with van der Waals surface area (Å²) in [5.74, 6) is 0.879. The highest BCUT2D eigenvalue weighted by Crippen LogP contribution is 2.27. The van der Waals surface area contributed by atoms with Crippen molar-refractivity contribution < 1.29 is 9.53 Å². The Hall–Kier alpha value is -2.21. The maximum absolute atomic E-state index is 11.5. The Morgan fingerprint density at radius 3 is 2.67 bits per heavy atom. The zero-order valence-electron chi connectivity index (χ0n) is 14.2. The van der Waals surface area contributed by atoms with Gasteiger partial charge in [-0.05, 0) is 18.6 Å². The van der Waals surface area contributed by atoms with Crippen molar-refractivity contribution in [3.8, 4) is 5.75 Å². The molecule has 0 aliphatic carbocycles. The summed E-state index contributed by atoms with van der Waals surface area (Å²) in [6, 6.07) is 9.77. The first-order chi connectivity index (χ1) is 11.5. The summed E-state index contributed by atoms with van der Waals surface area (Å²) in [6.07, 6.45) is 2.53. The molecule has 2 aromatic heterocycles. The van der Waals surface area contributed by atoms with Crippen molar-refractivity contribution in [3.63, 3.8) is 0 Å². The molecule has 0 fully saturated rings. The van der Waals surface area contributed by atoms with Gasteiger partial charge in [-0.2, -0.15) is 9.61 Å². The summed E-state index contributed by atoms with van der Waals surface area (Å²) < 4.78 is 7.36. The number of rotatable bonds is 6. The van der Waals surface area contributed by atoms with Crippen molar-refractivity contribution in [1.29, 1.82) is 0 Å². The molecule has 24 heavy (non-hydrogen) atoms. The molecule has 126 valence electrons. The molecule has 0 atom stereocenters. The molecule has 1 aromatic carbocycles. The molecule has 0 N–H and O–H groups in total. The van der Waals surface area contributed by atoms with Crippen LogP contribution < -0.4 is 4.74 Å². The Labute approximate surface area is 145 Å². The molecule has 0 saturated carbocycles. The number of benzene rings is 1. The molecule has 0 aliphatic heterocycles. The van der Waals surface area contributed by atoms with Gasteiger partial charge in [0.15, 0.2) is 6.29 Å². The van der Waals surface area contributed by atoms with Crippen molar-refractivity contribution in [3.05, 3.63) is 46.7 Å². The maximum Gasteiger partial charge on any atom is 0.213 e. The Morgan fingerprint density at radius 1 is 1.25 bits per heavy atom. The molecule has 0 spiro atoms. The van der Waals surface area contributed by atoms with Crippen LogP contribution in [0.3, 0.4) is 0 Å². The van der Waals surface area contributed by atoms with Crippen molar-refractivity contribution in [2.24, 2.45) is 0 Å². The minimum absolute atomic E-state index is 0.173. The van der Waals surface area contributed by atoms with Gasteiger partial charge in [-0.25, -0.2) is 4.98 Å². The topological polar surface area (TPSA) is 56.5 Å². The number of imidazole rings is 1. The lowest BCUT2D eigenvalue weighted by molar-refractivity contribution is 0.111. The summed E-state index contributed by atoms with van der Waals surface area (Å²) in [7, 11) is 0. The molecule has 5 nitrogen and oxygen atoms in total. The number of para-hydroxylation sites is 1. The maximum atomic E-state index is 11.5. The van der Waals surface area contributed by atoms with Crippen LogP contribution in [0.4, 0.5) is 0 Å². The number of hydrogen-bond acceptors (Lipinski definition) is 5. The Kier molecular flexibility index (Phi) is 4.66. The summed E-state index contributed by atoms with van der Waals surface area (Å²) in [5.41, 5.74) is 1.18. The lowest BCUT2D eigenvalue weighted by Crippen LogP contribution is -2.15. The van der Waals surface area contributed by atoms with Gasteiger partial charge in [0.2, 0.25) is 4.96 Å². The first-order valence-electron chi connectivity index (χ1n) is 8.01. The van der Waals surface area contributed by atoms with Crippen LogP contribution in [0.25, 0.3) is 4.96 Å². The molecular weight excluding hydrogens is 322 g/mol. The van der Waals surface area contributed by atoms with Gasteiger partial charge in [0.05, 0.1) is 12.3 Å². The predicted molar refractivity (Wildman–Crippen MR) is 95.2 cm³/mol. The predicted octanol–water partition coefficient (Wildman–Crippen LogP) is 3.91. The van der Waals surface area contributed by atoms with Gasteiger partial charge in [-0.15, -0.1) is 0 Å². The summed E-state index contributed by atoms with van der Waals surface area (Å²) in [6.45, 7) is 6.79.